The molecule has 3 rings (SSSR count). The van der Waals surface area contributed by atoms with Crippen molar-refractivity contribution in [2.45, 2.75) is 51.2 Å². The molecule has 22 heavy (non-hydrogen) atoms. The van der Waals surface area contributed by atoms with Gasteiger partial charge in [0, 0.05) is 0 Å². The molecule has 3 aliphatic heterocycles. The van der Waals surface area contributed by atoms with Crippen LogP contribution in [-0.4, -0.2) is 92.8 Å². The van der Waals surface area contributed by atoms with Crippen molar-refractivity contribution in [3.05, 3.63) is 0 Å². The van der Waals surface area contributed by atoms with Gasteiger partial charge in [-0.2, -0.15) is 0 Å². The first-order chi connectivity index (χ1) is 10.8. The topological polar surface area (TPSA) is 108 Å². The fourth-order valence-electron chi connectivity index (χ4n) is 2.49. The molecule has 0 amide bonds. The van der Waals surface area contributed by atoms with Crippen molar-refractivity contribution in [2.24, 2.45) is 18.5 Å². The molecule has 0 bridgehead atoms. The van der Waals surface area contributed by atoms with Crippen LogP contribution in [0, 0.1) is 0 Å². The minimum atomic E-state index is -0.0543. The second kappa shape index (κ2) is 10.2. The monoisotopic (exact) mass is 502 g/mol. The first-order valence-corrected chi connectivity index (χ1v) is 9.55. The summed E-state index contributed by atoms with van der Waals surface area (Å²) in [6.07, 6.45) is 5.14. The maximum absolute atomic E-state index is 9.11. The van der Waals surface area contributed by atoms with Crippen molar-refractivity contribution in [3.63, 3.8) is 0 Å². The molecule has 9 heteroatoms. The Hall–Kier alpha value is -0.588. The molecule has 0 aliphatic carbocycles. The predicted molar refractivity (Wildman–Crippen MR) is 89.2 cm³/mol. The van der Waals surface area contributed by atoms with Gasteiger partial charge in [0.15, 0.2) is 0 Å². The molecular weight excluding hydrogens is 477 g/mol. The number of aliphatic hydroxyl groups excluding tert-OH is 1. The number of nitrogens with two attached hydrogens (primary N) is 1. The molecule has 1 saturated heterocycles. The Morgan fingerprint density at radius 3 is 2.77 bits per heavy atom. The first kappa shape index (κ1) is 19.5. The van der Waals surface area contributed by atoms with Gasteiger partial charge in [-0.25, -0.2) is 0 Å². The molecule has 0 aromatic carbocycles. The van der Waals surface area contributed by atoms with Gasteiger partial charge in [0.25, 0.3) is 0 Å². The van der Waals surface area contributed by atoms with Crippen LogP contribution in [0.4, 0.5) is 0 Å². The summed E-state index contributed by atoms with van der Waals surface area (Å²) in [6, 6.07) is -0.0308. The fraction of sp³-hybridized carbons (Fsp3) is 0.769. The van der Waals surface area contributed by atoms with Gasteiger partial charge < -0.3 is 5.73 Å². The summed E-state index contributed by atoms with van der Waals surface area (Å²) in [7, 11) is 1.50. The van der Waals surface area contributed by atoms with Crippen molar-refractivity contribution >= 4 is 44.6 Å². The van der Waals surface area contributed by atoms with Gasteiger partial charge >= 0.3 is 121 Å². The Labute approximate surface area is 148 Å². The van der Waals surface area contributed by atoms with Crippen LogP contribution in [0.5, 0.6) is 0 Å². The molecule has 3 aliphatic rings. The van der Waals surface area contributed by atoms with Gasteiger partial charge in [-0.05, 0) is 7.05 Å². The molecule has 4 N–H and O–H groups in total. The summed E-state index contributed by atoms with van der Waals surface area (Å²) in [6.45, 7) is 4.08. The molecule has 4 atom stereocenters. The normalized spacial score (nSPS) is 33.5. The summed E-state index contributed by atoms with van der Waals surface area (Å²) in [5, 5.41) is 12.2. The Kier molecular flexibility index (Phi) is 9.05. The SMILES string of the molecule is CC.CN.OCC1CCC(N2C=NC3/C(=[N]/[Tl])NC=NC32)O1. The van der Waals surface area contributed by atoms with Gasteiger partial charge in [-0.15, -0.1) is 0 Å². The van der Waals surface area contributed by atoms with Crippen LogP contribution in [0.3, 0.4) is 0 Å². The van der Waals surface area contributed by atoms with E-state index in [1.807, 2.05) is 18.7 Å². The van der Waals surface area contributed by atoms with E-state index in [4.69, 9.17) is 9.84 Å². The summed E-state index contributed by atoms with van der Waals surface area (Å²) in [5.41, 5.74) is 4.50. The number of nitrogens with zero attached hydrogens (tertiary/aromatic N) is 4. The average molecular weight is 502 g/mol. The van der Waals surface area contributed by atoms with Crippen LogP contribution in [0.15, 0.2) is 12.8 Å². The fourth-order valence-corrected chi connectivity index (χ4v) is 3.37. The van der Waals surface area contributed by atoms with Gasteiger partial charge in [0.1, 0.15) is 0 Å². The van der Waals surface area contributed by atoms with E-state index in [9.17, 15) is 0 Å². The minimum absolute atomic E-state index is 0.0308. The number of hydrogen-bond acceptors (Lipinski definition) is 7. The van der Waals surface area contributed by atoms with Crippen LogP contribution in [0.1, 0.15) is 26.7 Å². The van der Waals surface area contributed by atoms with Gasteiger partial charge in [-0.3, -0.25) is 0 Å². The molecule has 0 radical (unpaired) electrons. The second-order valence-electron chi connectivity index (χ2n) is 4.48. The standard InChI is InChI=1S/C10H14N5O2.C2H6.CH5N.Tl/c11-9-8-10(13-4-12-9)15(5-14-8)7-2-1-6(3-16)17-7;2*1-2;/h4-8,10,16H,1-3H2,(H-,11,12,13);1-2H3;2H2,1H3;/q-1;;;+1. The van der Waals surface area contributed by atoms with E-state index in [1.165, 1.54) is 7.05 Å². The number of fused-ring (bicyclic) bond motifs is 1. The summed E-state index contributed by atoms with van der Waals surface area (Å²) < 4.78 is 10.1. The zero-order valence-electron chi connectivity index (χ0n) is 13.4. The number of nitrogens with one attached hydrogen (secondary N) is 1. The van der Waals surface area contributed by atoms with Crippen molar-refractivity contribution < 1.29 is 9.84 Å². The van der Waals surface area contributed by atoms with Gasteiger partial charge in [0.2, 0.25) is 0 Å². The van der Waals surface area contributed by atoms with E-state index in [-0.39, 0.29) is 31.1 Å². The zero-order chi connectivity index (χ0) is 16.5. The summed E-state index contributed by atoms with van der Waals surface area (Å²) in [5.74, 6) is 0.899. The van der Waals surface area contributed by atoms with E-state index in [0.717, 1.165) is 18.7 Å². The van der Waals surface area contributed by atoms with E-state index < -0.39 is 0 Å². The summed E-state index contributed by atoms with van der Waals surface area (Å²) >= 11 is 0.551. The van der Waals surface area contributed by atoms with E-state index in [2.05, 4.69) is 23.8 Å². The van der Waals surface area contributed by atoms with Gasteiger partial charge in [-0.1, -0.05) is 13.8 Å². The van der Waals surface area contributed by atoms with Crippen molar-refractivity contribution in [1.82, 2.24) is 10.2 Å². The zero-order valence-corrected chi connectivity index (χ0v) is 17.9. The second-order valence-corrected chi connectivity index (χ2v) is 5.48. The molecule has 0 aromatic heterocycles. The Bertz CT molecular complexity index is 417. The third kappa shape index (κ3) is 4.24. The molecule has 1 fully saturated rings. The molecule has 122 valence electrons. The van der Waals surface area contributed by atoms with Gasteiger partial charge in [0.05, 0.1) is 0 Å². The van der Waals surface area contributed by atoms with Crippen LogP contribution in [0.25, 0.3) is 0 Å². The van der Waals surface area contributed by atoms with Crippen LogP contribution >= 0.6 is 0 Å². The van der Waals surface area contributed by atoms with Crippen molar-refractivity contribution in [3.8, 4) is 0 Å². The van der Waals surface area contributed by atoms with Crippen molar-refractivity contribution in [1.29, 1.82) is 0 Å². The number of ether oxygens (including phenoxy) is 1. The van der Waals surface area contributed by atoms with Crippen LogP contribution in [-0.2, 0) is 4.74 Å². The molecule has 3 heterocycles. The molecular formula is C13H25N6O2Tl. The van der Waals surface area contributed by atoms with Crippen LogP contribution < -0.4 is 11.1 Å². The molecule has 0 aromatic rings. The van der Waals surface area contributed by atoms with E-state index in [1.54, 1.807) is 12.7 Å². The molecule has 4 unspecified atom stereocenters. The first-order valence-electron chi connectivity index (χ1n) is 7.54. The average Bonchev–Trinajstić information content (AvgIpc) is 3.24. The maximum atomic E-state index is 9.11. The quantitative estimate of drug-likeness (QED) is 0.431. The van der Waals surface area contributed by atoms with Crippen molar-refractivity contribution in [2.75, 3.05) is 13.7 Å². The van der Waals surface area contributed by atoms with E-state index >= 15 is 0 Å². The number of aliphatic imine (C=N–C) groups is 2. The van der Waals surface area contributed by atoms with E-state index in [0.29, 0.717) is 26.1 Å². The molecule has 8 nitrogen and oxygen atoms in total. The third-order valence-electron chi connectivity index (χ3n) is 3.43. The number of hydrogen-bond donors (Lipinski definition) is 3. The number of amidine groups is 1. The summed E-state index contributed by atoms with van der Waals surface area (Å²) in [4.78, 5) is 10.9. The number of aliphatic hydroxyl groups is 1. The molecule has 0 spiro atoms. The van der Waals surface area contributed by atoms with Crippen LogP contribution in [0.2, 0.25) is 0 Å². The number of rotatable bonds is 2. The molecule has 0 saturated carbocycles. The Balaban J connectivity index is 0.000000561. The third-order valence-corrected chi connectivity index (χ3v) is 4.51. The predicted octanol–water partition coefficient (Wildman–Crippen LogP) is -0.763. The Morgan fingerprint density at radius 2 is 2.18 bits per heavy atom. The Morgan fingerprint density at radius 1 is 1.45 bits per heavy atom.